The second-order valence-electron chi connectivity index (χ2n) is 11.0. The van der Waals surface area contributed by atoms with E-state index < -0.39 is 15.9 Å². The molecule has 1 spiro atoms. The number of benzene rings is 2. The van der Waals surface area contributed by atoms with Crippen LogP contribution in [-0.2, 0) is 39.7 Å². The Bertz CT molecular complexity index is 1570. The minimum Gasteiger partial charge on any atom is -0.490 e. The Balaban J connectivity index is 1.43. The van der Waals surface area contributed by atoms with Gasteiger partial charge in [0.15, 0.2) is 0 Å². The number of nitrogens with one attached hydrogen (secondary N) is 1. The Morgan fingerprint density at radius 2 is 1.95 bits per heavy atom. The first-order valence-corrected chi connectivity index (χ1v) is 15.7. The summed E-state index contributed by atoms with van der Waals surface area (Å²) in [5.41, 5.74) is 3.88. The van der Waals surface area contributed by atoms with E-state index in [1.807, 2.05) is 23.1 Å². The van der Waals surface area contributed by atoms with Crippen LogP contribution in [0.3, 0.4) is 0 Å². The SMILES string of the molecule is O=C1CCCC/C=C/Cn2cc(cn2)CN2CC3(CCCc4cc(Cl)ccc43)COc3ccc(cc32)S(=O)(=O)N1. The second kappa shape index (κ2) is 10.9. The van der Waals surface area contributed by atoms with Gasteiger partial charge in [-0.05, 0) is 80.0 Å². The largest absolute Gasteiger partial charge is 0.490 e. The van der Waals surface area contributed by atoms with Crippen molar-refractivity contribution < 1.29 is 17.9 Å². The van der Waals surface area contributed by atoms with Crippen molar-refractivity contribution in [2.24, 2.45) is 0 Å². The molecule has 0 saturated carbocycles. The Hall–Kier alpha value is -3.30. The van der Waals surface area contributed by atoms with E-state index >= 15 is 0 Å². The van der Waals surface area contributed by atoms with Gasteiger partial charge in [0.25, 0.3) is 10.0 Å². The molecule has 1 N–H and O–H groups in total. The van der Waals surface area contributed by atoms with Crippen LogP contribution < -0.4 is 14.4 Å². The molecule has 6 rings (SSSR count). The lowest BCUT2D eigenvalue weighted by Gasteiger charge is -2.40. The molecule has 10 heteroatoms. The molecular weight excluding hydrogens is 548 g/mol. The number of nitrogens with zero attached hydrogens (tertiary/aromatic N) is 3. The van der Waals surface area contributed by atoms with Crippen molar-refractivity contribution in [3.8, 4) is 5.75 Å². The molecule has 1 aromatic heterocycles. The number of ether oxygens (including phenoxy) is 1. The van der Waals surface area contributed by atoms with Crippen LogP contribution in [0.2, 0.25) is 5.02 Å². The average molecular weight is 581 g/mol. The Labute approximate surface area is 240 Å². The topological polar surface area (TPSA) is 93.5 Å². The predicted octanol–water partition coefficient (Wildman–Crippen LogP) is 5.14. The van der Waals surface area contributed by atoms with Gasteiger partial charge in [0.1, 0.15) is 5.75 Å². The highest BCUT2D eigenvalue weighted by atomic mass is 35.5. The zero-order chi connectivity index (χ0) is 27.7. The van der Waals surface area contributed by atoms with Crippen LogP contribution in [0.15, 0.2) is 65.8 Å². The molecule has 1 atom stereocenters. The summed E-state index contributed by atoms with van der Waals surface area (Å²) in [5.74, 6) is 0.125. The number of amides is 1. The third-order valence-electron chi connectivity index (χ3n) is 8.11. The highest BCUT2D eigenvalue weighted by molar-refractivity contribution is 7.90. The normalized spacial score (nSPS) is 23.6. The molecule has 210 valence electrons. The smallest absolute Gasteiger partial charge is 0.264 e. The monoisotopic (exact) mass is 580 g/mol. The standard InChI is InChI=1S/C30H33ClN4O4S/c31-24-9-11-26-23(15-24)7-6-13-30(26)20-34-18-22-17-32-35(19-22)14-5-3-1-2-4-8-29(36)33-40(37,38)25-10-12-28(39-21-30)27(34)16-25/h3,5,9-12,15-17,19H,1-2,4,6-8,13-14,18,20-21H2,(H,33,36)/b5-3+. The number of allylic oxidation sites excluding steroid dienone is 2. The second-order valence-corrected chi connectivity index (χ2v) is 13.1. The molecule has 40 heavy (non-hydrogen) atoms. The maximum absolute atomic E-state index is 13.2. The van der Waals surface area contributed by atoms with Gasteiger partial charge in [0.05, 0.1) is 29.9 Å². The number of sulfonamides is 1. The highest BCUT2D eigenvalue weighted by Gasteiger charge is 2.42. The molecule has 4 bridgehead atoms. The van der Waals surface area contributed by atoms with E-state index in [2.05, 4.69) is 39.0 Å². The van der Waals surface area contributed by atoms with E-state index in [-0.39, 0.29) is 16.7 Å². The minimum atomic E-state index is -4.04. The van der Waals surface area contributed by atoms with Crippen molar-refractivity contribution in [1.29, 1.82) is 0 Å². The summed E-state index contributed by atoms with van der Waals surface area (Å²) in [6.07, 6.45) is 13.4. The number of anilines is 1. The zero-order valence-electron chi connectivity index (χ0n) is 22.3. The predicted molar refractivity (Wildman–Crippen MR) is 154 cm³/mol. The lowest BCUT2D eigenvalue weighted by molar-refractivity contribution is -0.119. The number of halogens is 1. The van der Waals surface area contributed by atoms with Crippen molar-refractivity contribution in [2.45, 2.75) is 68.3 Å². The molecule has 3 heterocycles. The van der Waals surface area contributed by atoms with Crippen LogP contribution in [0.4, 0.5) is 5.69 Å². The first-order chi connectivity index (χ1) is 19.3. The molecule has 2 aromatic carbocycles. The van der Waals surface area contributed by atoms with Crippen LogP contribution in [0, 0.1) is 0 Å². The van der Waals surface area contributed by atoms with Gasteiger partial charge in [-0.15, -0.1) is 0 Å². The first kappa shape index (κ1) is 26.9. The van der Waals surface area contributed by atoms with Crippen LogP contribution in [0.5, 0.6) is 5.75 Å². The van der Waals surface area contributed by atoms with Crippen molar-refractivity contribution in [3.05, 3.63) is 82.7 Å². The fourth-order valence-corrected chi connectivity index (χ4v) is 7.38. The third kappa shape index (κ3) is 5.49. The molecule has 3 aromatic rings. The van der Waals surface area contributed by atoms with Crippen LogP contribution in [0.1, 0.15) is 55.2 Å². The molecule has 1 amide bonds. The van der Waals surface area contributed by atoms with Crippen LogP contribution in [0.25, 0.3) is 0 Å². The van der Waals surface area contributed by atoms with E-state index in [9.17, 15) is 13.2 Å². The molecule has 0 saturated heterocycles. The van der Waals surface area contributed by atoms with Gasteiger partial charge in [-0.1, -0.05) is 29.8 Å². The number of hydrogen-bond acceptors (Lipinski definition) is 6. The fraction of sp³-hybridized carbons (Fsp3) is 0.400. The number of rotatable bonds is 0. The van der Waals surface area contributed by atoms with Gasteiger partial charge in [-0.25, -0.2) is 13.1 Å². The van der Waals surface area contributed by atoms with Gasteiger partial charge in [0, 0.05) is 41.7 Å². The summed E-state index contributed by atoms with van der Waals surface area (Å²) in [5, 5.41) is 5.29. The Morgan fingerprint density at radius 1 is 1.05 bits per heavy atom. The summed E-state index contributed by atoms with van der Waals surface area (Å²) < 4.78 is 37.1. The van der Waals surface area contributed by atoms with Gasteiger partial charge in [-0.2, -0.15) is 5.10 Å². The minimum absolute atomic E-state index is 0.0414. The summed E-state index contributed by atoms with van der Waals surface area (Å²) in [7, 11) is -4.04. The van der Waals surface area contributed by atoms with Gasteiger partial charge in [0.2, 0.25) is 5.91 Å². The summed E-state index contributed by atoms with van der Waals surface area (Å²) in [4.78, 5) is 14.7. The molecule has 1 unspecified atom stereocenters. The van der Waals surface area contributed by atoms with Crippen molar-refractivity contribution >= 4 is 33.2 Å². The molecule has 3 aliphatic rings. The van der Waals surface area contributed by atoms with E-state index in [0.717, 1.165) is 42.7 Å². The third-order valence-corrected chi connectivity index (χ3v) is 9.72. The molecule has 8 nitrogen and oxygen atoms in total. The summed E-state index contributed by atoms with van der Waals surface area (Å²) >= 11 is 6.36. The van der Waals surface area contributed by atoms with Crippen molar-refractivity contribution in [1.82, 2.24) is 14.5 Å². The van der Waals surface area contributed by atoms with Crippen molar-refractivity contribution in [3.63, 3.8) is 0 Å². The average Bonchev–Trinajstić information content (AvgIpc) is 3.31. The highest BCUT2D eigenvalue weighted by Crippen LogP contribution is 2.45. The molecular formula is C30H33ClN4O4S. The number of aromatic nitrogens is 2. The summed E-state index contributed by atoms with van der Waals surface area (Å²) in [6, 6.07) is 11.0. The first-order valence-electron chi connectivity index (χ1n) is 13.8. The maximum atomic E-state index is 13.2. The number of fused-ring (bicyclic) bond motifs is 5. The van der Waals surface area contributed by atoms with Gasteiger partial charge >= 0.3 is 0 Å². The lowest BCUT2D eigenvalue weighted by Crippen LogP contribution is -2.45. The van der Waals surface area contributed by atoms with E-state index in [1.165, 1.54) is 17.2 Å². The molecule has 0 fully saturated rings. The zero-order valence-corrected chi connectivity index (χ0v) is 23.9. The number of carbonyl (C=O) groups is 1. The quantitative estimate of drug-likeness (QED) is 0.370. The molecule has 2 aliphatic heterocycles. The van der Waals surface area contributed by atoms with E-state index in [4.69, 9.17) is 16.3 Å². The van der Waals surface area contributed by atoms with Crippen molar-refractivity contribution in [2.75, 3.05) is 18.1 Å². The number of carbonyl (C=O) groups excluding carboxylic acids is 1. The van der Waals surface area contributed by atoms with Crippen LogP contribution in [-0.4, -0.2) is 37.3 Å². The Kier molecular flexibility index (Phi) is 7.35. The lowest BCUT2D eigenvalue weighted by atomic mass is 9.70. The summed E-state index contributed by atoms with van der Waals surface area (Å²) in [6.45, 7) is 2.30. The van der Waals surface area contributed by atoms with E-state index in [0.29, 0.717) is 44.1 Å². The van der Waals surface area contributed by atoms with Gasteiger partial charge in [-0.3, -0.25) is 9.48 Å². The maximum Gasteiger partial charge on any atom is 0.264 e. The Morgan fingerprint density at radius 3 is 2.85 bits per heavy atom. The van der Waals surface area contributed by atoms with E-state index in [1.54, 1.807) is 12.1 Å². The van der Waals surface area contributed by atoms with Crippen LogP contribution >= 0.6 is 11.6 Å². The molecule has 0 radical (unpaired) electrons. The molecule has 1 aliphatic carbocycles. The number of aryl methyl sites for hydroxylation is 1. The number of hydrogen-bond donors (Lipinski definition) is 1. The van der Waals surface area contributed by atoms with Gasteiger partial charge < -0.3 is 9.64 Å². The fourth-order valence-electron chi connectivity index (χ4n) is 6.16.